The molecule has 0 aliphatic rings. The Labute approximate surface area is 234 Å². The fraction of sp³-hybridized carbons (Fsp3) is 0.0690. The van der Waals surface area contributed by atoms with Crippen LogP contribution in [0.5, 0.6) is 0 Å². The first-order chi connectivity index (χ1) is 18.6. The molecule has 0 aliphatic carbocycles. The number of esters is 1. The minimum absolute atomic E-state index is 0.166. The summed E-state index contributed by atoms with van der Waals surface area (Å²) in [5, 5.41) is 5.46. The van der Waals surface area contributed by atoms with Crippen LogP contribution in [0, 0.1) is 0 Å². The first-order valence-electron chi connectivity index (χ1n) is 11.6. The van der Waals surface area contributed by atoms with Gasteiger partial charge in [0, 0.05) is 21.9 Å². The minimum Gasteiger partial charge on any atom is -0.465 e. The highest BCUT2D eigenvalue weighted by molar-refractivity contribution is 9.10. The Morgan fingerprint density at radius 3 is 2.05 bits per heavy atom. The number of para-hydroxylation sites is 1. The number of sulfone groups is 1. The van der Waals surface area contributed by atoms with Crippen LogP contribution < -0.4 is 10.6 Å². The number of ether oxygens (including phenoxy) is 1. The second kappa shape index (κ2) is 11.6. The van der Waals surface area contributed by atoms with Crippen LogP contribution in [0.3, 0.4) is 0 Å². The molecule has 2 amide bonds. The van der Waals surface area contributed by atoms with Crippen molar-refractivity contribution in [2.45, 2.75) is 4.90 Å². The van der Waals surface area contributed by atoms with E-state index in [1.165, 1.54) is 19.2 Å². The largest absolute Gasteiger partial charge is 0.465 e. The van der Waals surface area contributed by atoms with Crippen molar-refractivity contribution in [3.05, 3.63) is 112 Å². The van der Waals surface area contributed by atoms with Gasteiger partial charge in [-0.05, 0) is 54.1 Å². The van der Waals surface area contributed by atoms with Gasteiger partial charge in [0.05, 0.1) is 34.5 Å². The van der Waals surface area contributed by atoms with Crippen molar-refractivity contribution in [1.29, 1.82) is 0 Å². The summed E-state index contributed by atoms with van der Waals surface area (Å²) in [6.45, 7) is 0. The van der Waals surface area contributed by atoms with Crippen LogP contribution >= 0.6 is 15.9 Å². The molecule has 0 unspecified atom stereocenters. The smallest absolute Gasteiger partial charge is 0.340 e. The van der Waals surface area contributed by atoms with Crippen molar-refractivity contribution < 1.29 is 27.5 Å². The fourth-order valence-electron chi connectivity index (χ4n) is 3.91. The quantitative estimate of drug-likeness (QED) is 0.256. The van der Waals surface area contributed by atoms with Crippen LogP contribution in [-0.4, -0.2) is 39.6 Å². The molecule has 39 heavy (non-hydrogen) atoms. The third-order valence-corrected chi connectivity index (χ3v) is 7.45. The molecule has 0 radical (unpaired) electrons. The van der Waals surface area contributed by atoms with E-state index in [-0.39, 0.29) is 27.4 Å². The highest BCUT2D eigenvalue weighted by Gasteiger charge is 2.19. The number of carbonyl (C=O) groups excluding carboxylic acids is 3. The molecule has 0 saturated heterocycles. The average Bonchev–Trinajstić information content (AvgIpc) is 2.93. The Hall–Kier alpha value is -4.28. The number of anilines is 2. The highest BCUT2D eigenvalue weighted by Crippen LogP contribution is 2.28. The van der Waals surface area contributed by atoms with E-state index in [0.717, 1.165) is 6.26 Å². The zero-order valence-corrected chi connectivity index (χ0v) is 23.3. The average molecular weight is 607 g/mol. The van der Waals surface area contributed by atoms with Gasteiger partial charge in [0.25, 0.3) is 11.8 Å². The van der Waals surface area contributed by atoms with Crippen LogP contribution in [0.1, 0.15) is 31.1 Å². The topological polar surface area (TPSA) is 119 Å². The number of rotatable bonds is 7. The standard InChI is InChI=1S/C29H23BrN2O6S/c1-38-29(35)23-17-20(30)15-16-25(23)32-28(34)22-8-3-5-9-24(22)31-27(33)19-13-11-18(12-14-19)21-7-4-6-10-26(21)39(2,36)37/h3-17H,1-2H3,(H,31,33)(H,32,34). The number of amides is 2. The Bertz CT molecular complexity index is 1680. The minimum atomic E-state index is -3.44. The Balaban J connectivity index is 1.56. The van der Waals surface area contributed by atoms with E-state index >= 15 is 0 Å². The van der Waals surface area contributed by atoms with Crippen molar-refractivity contribution in [3.8, 4) is 11.1 Å². The second-order valence-corrected chi connectivity index (χ2v) is 11.4. The van der Waals surface area contributed by atoms with Crippen LogP contribution in [0.4, 0.5) is 11.4 Å². The van der Waals surface area contributed by atoms with E-state index in [1.807, 2.05) is 0 Å². The maximum absolute atomic E-state index is 13.1. The molecule has 10 heteroatoms. The maximum Gasteiger partial charge on any atom is 0.340 e. The van der Waals surface area contributed by atoms with Gasteiger partial charge in [-0.3, -0.25) is 9.59 Å². The lowest BCUT2D eigenvalue weighted by atomic mass is 10.0. The predicted molar refractivity (Wildman–Crippen MR) is 153 cm³/mol. The molecule has 4 rings (SSSR count). The molecule has 4 aromatic rings. The second-order valence-electron chi connectivity index (χ2n) is 8.48. The van der Waals surface area contributed by atoms with E-state index in [1.54, 1.807) is 78.9 Å². The molecule has 0 bridgehead atoms. The molecule has 0 spiro atoms. The molecule has 0 aromatic heterocycles. The highest BCUT2D eigenvalue weighted by atomic mass is 79.9. The van der Waals surface area contributed by atoms with Crippen LogP contribution in [0.2, 0.25) is 0 Å². The van der Waals surface area contributed by atoms with Crippen LogP contribution in [0.15, 0.2) is 100 Å². The predicted octanol–water partition coefficient (Wildman–Crippen LogP) is 5.81. The molecule has 2 N–H and O–H groups in total. The van der Waals surface area contributed by atoms with E-state index in [0.29, 0.717) is 21.2 Å². The normalized spacial score (nSPS) is 10.9. The first-order valence-corrected chi connectivity index (χ1v) is 14.3. The number of carbonyl (C=O) groups is 3. The van der Waals surface area contributed by atoms with Crippen molar-refractivity contribution in [3.63, 3.8) is 0 Å². The zero-order chi connectivity index (χ0) is 28.2. The monoisotopic (exact) mass is 606 g/mol. The summed E-state index contributed by atoms with van der Waals surface area (Å²) in [4.78, 5) is 38.5. The number of hydrogen-bond donors (Lipinski definition) is 2. The molecule has 0 heterocycles. The van der Waals surface area contributed by atoms with E-state index < -0.39 is 27.6 Å². The Morgan fingerprint density at radius 1 is 0.744 bits per heavy atom. The summed E-state index contributed by atoms with van der Waals surface area (Å²) in [6, 6.07) is 24.4. The van der Waals surface area contributed by atoms with E-state index in [4.69, 9.17) is 4.74 Å². The van der Waals surface area contributed by atoms with Gasteiger partial charge < -0.3 is 15.4 Å². The van der Waals surface area contributed by atoms with Crippen LogP contribution in [0.25, 0.3) is 11.1 Å². The first kappa shape index (κ1) is 27.7. The lowest BCUT2D eigenvalue weighted by molar-refractivity contribution is 0.0601. The number of methoxy groups -OCH3 is 1. The van der Waals surface area contributed by atoms with Gasteiger partial charge in [0.15, 0.2) is 9.84 Å². The van der Waals surface area contributed by atoms with Crippen molar-refractivity contribution >= 4 is 54.9 Å². The van der Waals surface area contributed by atoms with Crippen molar-refractivity contribution in [1.82, 2.24) is 0 Å². The third-order valence-electron chi connectivity index (χ3n) is 5.80. The summed E-state index contributed by atoms with van der Waals surface area (Å²) in [6.07, 6.45) is 1.15. The molecule has 0 aliphatic heterocycles. The molecule has 4 aromatic carbocycles. The van der Waals surface area contributed by atoms with Gasteiger partial charge in [-0.2, -0.15) is 0 Å². The number of nitrogens with one attached hydrogen (secondary N) is 2. The van der Waals surface area contributed by atoms with Gasteiger partial charge in [-0.15, -0.1) is 0 Å². The van der Waals surface area contributed by atoms with Gasteiger partial charge in [0.2, 0.25) is 0 Å². The number of benzene rings is 4. The number of halogens is 1. The lowest BCUT2D eigenvalue weighted by Gasteiger charge is -2.14. The maximum atomic E-state index is 13.1. The SMILES string of the molecule is COC(=O)c1cc(Br)ccc1NC(=O)c1ccccc1NC(=O)c1ccc(-c2ccccc2S(C)(=O)=O)cc1. The molecule has 0 saturated carbocycles. The third kappa shape index (κ3) is 6.42. The summed E-state index contributed by atoms with van der Waals surface area (Å²) in [5.74, 6) is -1.61. The zero-order valence-electron chi connectivity index (χ0n) is 20.9. The lowest BCUT2D eigenvalue weighted by Crippen LogP contribution is -2.19. The van der Waals surface area contributed by atoms with Gasteiger partial charge in [0.1, 0.15) is 0 Å². The van der Waals surface area contributed by atoms with Gasteiger partial charge in [-0.1, -0.05) is 58.4 Å². The van der Waals surface area contributed by atoms with Crippen molar-refractivity contribution in [2.24, 2.45) is 0 Å². The summed E-state index contributed by atoms with van der Waals surface area (Å²) in [5.41, 5.74) is 2.36. The number of hydrogen-bond acceptors (Lipinski definition) is 6. The fourth-order valence-corrected chi connectivity index (χ4v) is 5.18. The van der Waals surface area contributed by atoms with Gasteiger partial charge >= 0.3 is 5.97 Å². The summed E-state index contributed by atoms with van der Waals surface area (Å²) in [7, 11) is -2.19. The van der Waals surface area contributed by atoms with E-state index in [2.05, 4.69) is 26.6 Å². The molecule has 0 atom stereocenters. The van der Waals surface area contributed by atoms with Crippen molar-refractivity contribution in [2.75, 3.05) is 24.0 Å². The molecular formula is C29H23BrN2O6S. The molecule has 8 nitrogen and oxygen atoms in total. The van der Waals surface area contributed by atoms with Crippen LogP contribution in [-0.2, 0) is 14.6 Å². The Morgan fingerprint density at radius 2 is 1.36 bits per heavy atom. The summed E-state index contributed by atoms with van der Waals surface area (Å²) >= 11 is 3.30. The van der Waals surface area contributed by atoms with Gasteiger partial charge in [-0.25, -0.2) is 13.2 Å². The molecular weight excluding hydrogens is 584 g/mol. The summed E-state index contributed by atoms with van der Waals surface area (Å²) < 4.78 is 29.8. The molecule has 0 fully saturated rings. The van der Waals surface area contributed by atoms with E-state index in [9.17, 15) is 22.8 Å². The molecule has 198 valence electrons. The Kier molecular flexibility index (Phi) is 8.27.